The molecule has 0 unspecified atom stereocenters. The summed E-state index contributed by atoms with van der Waals surface area (Å²) >= 11 is 13.2. The monoisotopic (exact) mass is 393 g/mol. The van der Waals surface area contributed by atoms with Gasteiger partial charge in [-0.2, -0.15) is 0 Å². The maximum Gasteiger partial charge on any atom is 0.261 e. The van der Waals surface area contributed by atoms with Crippen LogP contribution >= 0.6 is 34.5 Å². The number of ether oxygens (including phenoxy) is 1. The largest absolute Gasteiger partial charge is 0.496 e. The van der Waals surface area contributed by atoms with Gasteiger partial charge in [0.1, 0.15) is 10.8 Å². The molecule has 0 saturated heterocycles. The van der Waals surface area contributed by atoms with E-state index in [1.807, 2.05) is 6.07 Å². The van der Waals surface area contributed by atoms with Crippen molar-refractivity contribution in [3.05, 3.63) is 68.6 Å². The Labute approximate surface area is 158 Å². The maximum absolute atomic E-state index is 12.4. The molecule has 0 radical (unpaired) electrons. The summed E-state index contributed by atoms with van der Waals surface area (Å²) in [5.41, 5.74) is 1.40. The van der Waals surface area contributed by atoms with Crippen LogP contribution in [-0.2, 0) is 6.42 Å². The molecule has 0 aliphatic heterocycles. The molecule has 128 valence electrons. The van der Waals surface area contributed by atoms with Crippen LogP contribution in [0.25, 0.3) is 0 Å². The molecule has 8 heteroatoms. The predicted molar refractivity (Wildman–Crippen MR) is 100 cm³/mol. The summed E-state index contributed by atoms with van der Waals surface area (Å²) in [5, 5.41) is 13.0. The van der Waals surface area contributed by atoms with Crippen LogP contribution in [0.2, 0.25) is 10.0 Å². The summed E-state index contributed by atoms with van der Waals surface area (Å²) < 4.78 is 5.19. The first-order chi connectivity index (χ1) is 12.1. The average Bonchev–Trinajstić information content (AvgIpc) is 3.05. The molecule has 0 saturated carbocycles. The van der Waals surface area contributed by atoms with Gasteiger partial charge in [0.2, 0.25) is 5.13 Å². The molecule has 1 heterocycles. The van der Waals surface area contributed by atoms with Gasteiger partial charge >= 0.3 is 0 Å². The lowest BCUT2D eigenvalue weighted by molar-refractivity contribution is 0.102. The van der Waals surface area contributed by atoms with Gasteiger partial charge in [-0.25, -0.2) is 0 Å². The number of halogens is 2. The fraction of sp³-hybridized carbons (Fsp3) is 0.118. The number of rotatable bonds is 5. The molecule has 1 N–H and O–H groups in total. The molecule has 25 heavy (non-hydrogen) atoms. The Balaban J connectivity index is 1.71. The van der Waals surface area contributed by atoms with Crippen LogP contribution in [-0.4, -0.2) is 23.2 Å². The van der Waals surface area contributed by atoms with Crippen molar-refractivity contribution < 1.29 is 9.53 Å². The number of nitrogens with zero attached hydrogens (tertiary/aromatic N) is 2. The van der Waals surface area contributed by atoms with Gasteiger partial charge in [0.25, 0.3) is 5.91 Å². The van der Waals surface area contributed by atoms with E-state index < -0.39 is 0 Å². The Kier molecular flexibility index (Phi) is 5.53. The Morgan fingerprint density at radius 2 is 1.96 bits per heavy atom. The van der Waals surface area contributed by atoms with Crippen LogP contribution in [0, 0.1) is 0 Å². The van der Waals surface area contributed by atoms with Crippen molar-refractivity contribution >= 4 is 45.6 Å². The van der Waals surface area contributed by atoms with Crippen molar-refractivity contribution in [1.82, 2.24) is 10.2 Å². The van der Waals surface area contributed by atoms with E-state index in [1.165, 1.54) is 18.4 Å². The van der Waals surface area contributed by atoms with Crippen LogP contribution in [0.3, 0.4) is 0 Å². The van der Waals surface area contributed by atoms with Crippen LogP contribution in [0.15, 0.2) is 42.5 Å². The van der Waals surface area contributed by atoms with Gasteiger partial charge in [-0.3, -0.25) is 10.1 Å². The highest BCUT2D eigenvalue weighted by atomic mass is 35.5. The molecule has 1 aromatic heterocycles. The molecular formula is C17H13Cl2N3O2S. The summed E-state index contributed by atoms with van der Waals surface area (Å²) in [6.07, 6.45) is 0.555. The zero-order valence-corrected chi connectivity index (χ0v) is 15.5. The highest BCUT2D eigenvalue weighted by Crippen LogP contribution is 2.26. The number of para-hydroxylation sites is 1. The number of anilines is 1. The fourth-order valence-electron chi connectivity index (χ4n) is 2.20. The quantitative estimate of drug-likeness (QED) is 0.682. The predicted octanol–water partition coefficient (Wildman–Crippen LogP) is 4.70. The van der Waals surface area contributed by atoms with Gasteiger partial charge in [-0.15, -0.1) is 10.2 Å². The number of benzene rings is 2. The second-order valence-electron chi connectivity index (χ2n) is 5.08. The summed E-state index contributed by atoms with van der Waals surface area (Å²) in [6.45, 7) is 0. The SMILES string of the molecule is COc1ccccc1C(=O)Nc1nnc(Cc2ccc(Cl)c(Cl)c2)s1. The number of amides is 1. The van der Waals surface area contributed by atoms with E-state index in [0.29, 0.717) is 32.9 Å². The number of aromatic nitrogens is 2. The van der Waals surface area contributed by atoms with Crippen LogP contribution in [0.4, 0.5) is 5.13 Å². The van der Waals surface area contributed by atoms with Crippen molar-refractivity contribution in [1.29, 1.82) is 0 Å². The zero-order valence-electron chi connectivity index (χ0n) is 13.1. The van der Waals surface area contributed by atoms with Crippen molar-refractivity contribution in [2.45, 2.75) is 6.42 Å². The average molecular weight is 394 g/mol. The van der Waals surface area contributed by atoms with Crippen LogP contribution in [0.1, 0.15) is 20.9 Å². The third-order valence-electron chi connectivity index (χ3n) is 3.38. The molecule has 0 fully saturated rings. The number of methoxy groups -OCH3 is 1. The molecule has 3 aromatic rings. The summed E-state index contributed by atoms with van der Waals surface area (Å²) in [4.78, 5) is 12.4. The van der Waals surface area contributed by atoms with Gasteiger partial charge in [0.15, 0.2) is 0 Å². The number of carbonyl (C=O) groups is 1. The normalized spacial score (nSPS) is 10.5. The van der Waals surface area contributed by atoms with E-state index in [1.54, 1.807) is 36.4 Å². The molecule has 5 nitrogen and oxygen atoms in total. The Hall–Kier alpha value is -2.15. The lowest BCUT2D eigenvalue weighted by atomic mass is 10.2. The maximum atomic E-state index is 12.4. The molecule has 3 rings (SSSR count). The van der Waals surface area contributed by atoms with Gasteiger partial charge in [-0.05, 0) is 29.8 Å². The smallest absolute Gasteiger partial charge is 0.261 e. The fourth-order valence-corrected chi connectivity index (χ4v) is 3.29. The summed E-state index contributed by atoms with van der Waals surface area (Å²) in [5.74, 6) is 0.204. The molecule has 2 aromatic carbocycles. The van der Waals surface area contributed by atoms with Crippen molar-refractivity contribution in [3.63, 3.8) is 0 Å². The number of nitrogens with one attached hydrogen (secondary N) is 1. The minimum Gasteiger partial charge on any atom is -0.496 e. The minimum atomic E-state index is -0.297. The first-order valence-corrected chi connectivity index (χ1v) is 8.84. The van der Waals surface area contributed by atoms with E-state index in [4.69, 9.17) is 27.9 Å². The number of carbonyl (C=O) groups excluding carboxylic acids is 1. The van der Waals surface area contributed by atoms with Crippen LogP contribution in [0.5, 0.6) is 5.75 Å². The van der Waals surface area contributed by atoms with Crippen molar-refractivity contribution in [2.75, 3.05) is 12.4 Å². The molecule has 0 aliphatic rings. The highest BCUT2D eigenvalue weighted by molar-refractivity contribution is 7.15. The first kappa shape index (κ1) is 17.7. The number of hydrogen-bond donors (Lipinski definition) is 1. The van der Waals surface area contributed by atoms with Crippen LogP contribution < -0.4 is 10.1 Å². The molecule has 0 atom stereocenters. The van der Waals surface area contributed by atoms with E-state index in [9.17, 15) is 4.79 Å². The Morgan fingerprint density at radius 1 is 1.16 bits per heavy atom. The second-order valence-corrected chi connectivity index (χ2v) is 6.96. The third-order valence-corrected chi connectivity index (χ3v) is 4.96. The molecule has 0 spiro atoms. The topological polar surface area (TPSA) is 64.1 Å². The van der Waals surface area contributed by atoms with Gasteiger partial charge in [0, 0.05) is 6.42 Å². The summed E-state index contributed by atoms with van der Waals surface area (Å²) in [6, 6.07) is 12.4. The van der Waals surface area contributed by atoms with Gasteiger partial charge < -0.3 is 4.74 Å². The highest BCUT2D eigenvalue weighted by Gasteiger charge is 2.14. The first-order valence-electron chi connectivity index (χ1n) is 7.27. The molecule has 0 aliphatic carbocycles. The van der Waals surface area contributed by atoms with E-state index in [2.05, 4.69) is 15.5 Å². The third kappa shape index (κ3) is 4.28. The summed E-state index contributed by atoms with van der Waals surface area (Å²) in [7, 11) is 1.52. The number of hydrogen-bond acceptors (Lipinski definition) is 5. The second kappa shape index (κ2) is 7.82. The van der Waals surface area contributed by atoms with E-state index >= 15 is 0 Å². The van der Waals surface area contributed by atoms with Crippen molar-refractivity contribution in [3.8, 4) is 5.75 Å². The van der Waals surface area contributed by atoms with E-state index in [0.717, 1.165) is 10.6 Å². The minimum absolute atomic E-state index is 0.297. The van der Waals surface area contributed by atoms with Gasteiger partial charge in [0.05, 0.1) is 22.7 Å². The van der Waals surface area contributed by atoms with Gasteiger partial charge in [-0.1, -0.05) is 52.7 Å². The lowest BCUT2D eigenvalue weighted by Crippen LogP contribution is -2.12. The molecule has 0 bridgehead atoms. The Bertz CT molecular complexity index is 914. The zero-order chi connectivity index (χ0) is 17.8. The molecule has 1 amide bonds. The lowest BCUT2D eigenvalue weighted by Gasteiger charge is -2.06. The standard InChI is InChI=1S/C17H13Cl2N3O2S/c1-24-14-5-3-2-4-11(14)16(23)20-17-22-21-15(25-17)9-10-6-7-12(18)13(19)8-10/h2-8H,9H2,1H3,(H,20,22,23). The molecular weight excluding hydrogens is 381 g/mol. The Morgan fingerprint density at radius 3 is 2.72 bits per heavy atom. The van der Waals surface area contributed by atoms with Crippen molar-refractivity contribution in [2.24, 2.45) is 0 Å². The van der Waals surface area contributed by atoms with E-state index in [-0.39, 0.29) is 5.91 Å².